The first-order valence-electron chi connectivity index (χ1n) is 16.6. The summed E-state index contributed by atoms with van der Waals surface area (Å²) in [6.45, 7) is 6.68. The molecule has 0 atom stereocenters. The molecule has 0 saturated carbocycles. The number of phenols is 1. The molecule has 0 aliphatic heterocycles. The predicted molar refractivity (Wildman–Crippen MR) is 185 cm³/mol. The Hall–Kier alpha value is -3.50. The Morgan fingerprint density at radius 3 is 1.25 bits per heavy atom. The summed E-state index contributed by atoms with van der Waals surface area (Å²) in [5.74, 6) is -0.598. The second kappa shape index (κ2) is 17.1. The van der Waals surface area contributed by atoms with E-state index in [-0.39, 0.29) is 11.3 Å². The number of phenolic OH excluding ortho intramolecular Hbond substituents is 1. The maximum absolute atomic E-state index is 14.0. The van der Waals surface area contributed by atoms with Crippen molar-refractivity contribution in [1.82, 2.24) is 0 Å². The minimum atomic E-state index is -2.48. The monoisotopic (exact) mass is 610 g/mol. The third-order valence-corrected chi connectivity index (χ3v) is 11.5. The largest absolute Gasteiger partial charge is 0.507 e. The number of unbranched alkanes of at least 4 members (excludes halogenated alkanes) is 6. The van der Waals surface area contributed by atoms with Gasteiger partial charge in [0.2, 0.25) is 0 Å². The van der Waals surface area contributed by atoms with Crippen LogP contribution in [0, 0.1) is 0 Å². The topological polar surface area (TPSA) is 46.5 Å². The first-order chi connectivity index (χ1) is 21.5. The van der Waals surface area contributed by atoms with Crippen molar-refractivity contribution in [2.75, 3.05) is 0 Å². The fourth-order valence-electron chi connectivity index (χ4n) is 5.64. The first-order valence-corrected chi connectivity index (χ1v) is 18.2. The number of carbonyl (C=O) groups excluding carboxylic acids is 1. The highest BCUT2D eigenvalue weighted by molar-refractivity contribution is 8.30. The molecule has 4 aromatic rings. The molecule has 4 heteroatoms. The predicted octanol–water partition coefficient (Wildman–Crippen LogP) is 11.6. The highest BCUT2D eigenvalue weighted by Crippen LogP contribution is 2.69. The number of hydrogen-bond donors (Lipinski definition) is 1. The van der Waals surface area contributed by atoms with Gasteiger partial charge in [0.15, 0.2) is 0 Å². The minimum absolute atomic E-state index is 0.0744. The number of carbonyl (C=O) groups is 1. The molecule has 0 heterocycles. The molecule has 0 saturated heterocycles. The average Bonchev–Trinajstić information content (AvgIpc) is 3.05. The van der Waals surface area contributed by atoms with E-state index in [1.54, 1.807) is 18.2 Å². The zero-order chi connectivity index (χ0) is 31.2. The molecular weight excluding hydrogens is 561 g/mol. The second-order valence-corrected chi connectivity index (χ2v) is 14.4. The van der Waals surface area contributed by atoms with Crippen LogP contribution in [-0.4, -0.2) is 11.1 Å². The number of benzene rings is 4. The molecule has 0 bridgehead atoms. The van der Waals surface area contributed by atoms with Gasteiger partial charge in [-0.1, -0.05) is 108 Å². The summed E-state index contributed by atoms with van der Waals surface area (Å²) < 4.78 is 6.76. The van der Waals surface area contributed by atoms with Crippen molar-refractivity contribution in [3.05, 3.63) is 119 Å². The summed E-state index contributed by atoms with van der Waals surface area (Å²) in [4.78, 5) is 16.9. The van der Waals surface area contributed by atoms with Crippen molar-refractivity contribution in [2.24, 2.45) is 0 Å². The lowest BCUT2D eigenvalue weighted by atomic mass is 10.1. The quantitative estimate of drug-likeness (QED) is 0.121. The summed E-state index contributed by atoms with van der Waals surface area (Å²) in [6, 6.07) is 32.7. The fraction of sp³-hybridized carbons (Fsp3) is 0.375. The lowest BCUT2D eigenvalue weighted by molar-refractivity contribution is 0.0754. The van der Waals surface area contributed by atoms with E-state index in [2.05, 4.69) is 93.6 Å². The van der Waals surface area contributed by atoms with Crippen LogP contribution < -0.4 is 0 Å². The Bertz CT molecular complexity index is 1300. The number of hydrogen-bond acceptors (Lipinski definition) is 3. The van der Waals surface area contributed by atoms with Gasteiger partial charge in [-0.15, -0.1) is 0 Å². The molecule has 0 unspecified atom stereocenters. The van der Waals surface area contributed by atoms with Gasteiger partial charge in [0.25, 0.3) is 0 Å². The highest BCUT2D eigenvalue weighted by Gasteiger charge is 2.36. The molecule has 4 rings (SSSR count). The fourth-order valence-corrected chi connectivity index (χ4v) is 8.62. The average molecular weight is 611 g/mol. The van der Waals surface area contributed by atoms with Gasteiger partial charge in [0, 0.05) is 14.7 Å². The van der Waals surface area contributed by atoms with Gasteiger partial charge >= 0.3 is 5.97 Å². The molecule has 0 fully saturated rings. The van der Waals surface area contributed by atoms with Crippen molar-refractivity contribution in [1.29, 1.82) is 0 Å². The van der Waals surface area contributed by atoms with Gasteiger partial charge in [-0.05, 0) is 114 Å². The van der Waals surface area contributed by atoms with Crippen molar-refractivity contribution < 1.29 is 14.1 Å². The van der Waals surface area contributed by atoms with E-state index < -0.39 is 16.3 Å². The molecule has 4 aromatic carbocycles. The summed E-state index contributed by atoms with van der Waals surface area (Å²) in [5.41, 5.74) is 4.05. The molecule has 44 heavy (non-hydrogen) atoms. The van der Waals surface area contributed by atoms with Crippen LogP contribution in [0.25, 0.3) is 0 Å². The summed E-state index contributed by atoms with van der Waals surface area (Å²) >= 11 is 0. The Labute approximate surface area is 267 Å². The Balaban J connectivity index is 1.84. The molecule has 1 N–H and O–H groups in total. The van der Waals surface area contributed by atoms with E-state index in [9.17, 15) is 9.90 Å². The van der Waals surface area contributed by atoms with Crippen LogP contribution >= 0.6 is 10.3 Å². The van der Waals surface area contributed by atoms with Gasteiger partial charge in [0.1, 0.15) is 11.3 Å². The van der Waals surface area contributed by atoms with Crippen molar-refractivity contribution in [3.63, 3.8) is 0 Å². The number of aryl methyl sites for hydroxylation is 3. The van der Waals surface area contributed by atoms with Crippen LogP contribution in [0.1, 0.15) is 106 Å². The zero-order valence-corrected chi connectivity index (χ0v) is 27.7. The van der Waals surface area contributed by atoms with E-state index in [0.29, 0.717) is 0 Å². The minimum Gasteiger partial charge on any atom is -0.507 e. The van der Waals surface area contributed by atoms with Crippen LogP contribution in [0.15, 0.2) is 112 Å². The van der Waals surface area contributed by atoms with E-state index in [4.69, 9.17) is 4.18 Å². The normalized spacial score (nSPS) is 11.8. The standard InChI is InChI=1S/C40H50O3S/c1-4-7-10-15-32-20-26-35(27-21-32)44(43-40(42)38-18-13-14-19-39(38)41,36-28-22-33(23-29-36)16-11-8-5-2)37-30-24-34(25-31-37)17-12-9-6-3/h13-14,18-31,41H,4-12,15-17H2,1-3H3. The van der Waals surface area contributed by atoms with Crippen molar-refractivity contribution in [3.8, 4) is 5.75 Å². The number of rotatable bonds is 17. The lowest BCUT2D eigenvalue weighted by Gasteiger charge is -2.40. The zero-order valence-electron chi connectivity index (χ0n) is 26.9. The van der Waals surface area contributed by atoms with Gasteiger partial charge in [-0.3, -0.25) is 0 Å². The molecule has 234 valence electrons. The first kappa shape index (κ1) is 33.4. The maximum atomic E-state index is 14.0. The smallest absolute Gasteiger partial charge is 0.353 e. The van der Waals surface area contributed by atoms with Gasteiger partial charge in [-0.25, -0.2) is 4.79 Å². The molecule has 0 aliphatic carbocycles. The van der Waals surface area contributed by atoms with Crippen LogP contribution in [-0.2, 0) is 23.4 Å². The molecule has 0 aliphatic rings. The van der Waals surface area contributed by atoms with E-state index in [1.165, 1.54) is 61.3 Å². The molecule has 0 amide bonds. The molecule has 0 spiro atoms. The van der Waals surface area contributed by atoms with Gasteiger partial charge in [-0.2, -0.15) is 0 Å². The Kier molecular flexibility index (Phi) is 13.0. The molecule has 3 nitrogen and oxygen atoms in total. The van der Waals surface area contributed by atoms with E-state index >= 15 is 0 Å². The summed E-state index contributed by atoms with van der Waals surface area (Å²) in [7, 11) is -2.48. The molecule has 0 aromatic heterocycles. The van der Waals surface area contributed by atoms with Gasteiger partial charge < -0.3 is 9.29 Å². The van der Waals surface area contributed by atoms with Crippen LogP contribution in [0.3, 0.4) is 0 Å². The number of para-hydroxylation sites is 1. The summed E-state index contributed by atoms with van der Waals surface area (Å²) in [6.07, 6.45) is 13.8. The maximum Gasteiger partial charge on any atom is 0.353 e. The Morgan fingerprint density at radius 1 is 0.545 bits per heavy atom. The molecular formula is C40H50O3S. The Morgan fingerprint density at radius 2 is 0.909 bits per heavy atom. The van der Waals surface area contributed by atoms with Crippen molar-refractivity contribution in [2.45, 2.75) is 113 Å². The highest BCUT2D eigenvalue weighted by atomic mass is 32.3. The van der Waals surface area contributed by atoms with E-state index in [0.717, 1.165) is 53.2 Å². The van der Waals surface area contributed by atoms with E-state index in [1.807, 2.05) is 0 Å². The second-order valence-electron chi connectivity index (χ2n) is 11.7. The lowest BCUT2D eigenvalue weighted by Crippen LogP contribution is -2.14. The van der Waals surface area contributed by atoms with Crippen molar-refractivity contribution >= 4 is 16.3 Å². The SMILES string of the molecule is CCCCCc1ccc(S(OC(=O)c2ccccc2O)(c2ccc(CCCCC)cc2)c2ccc(CCCCC)cc2)cc1. The van der Waals surface area contributed by atoms with Crippen LogP contribution in [0.2, 0.25) is 0 Å². The van der Waals surface area contributed by atoms with Gasteiger partial charge in [0.05, 0.1) is 0 Å². The third-order valence-electron chi connectivity index (χ3n) is 8.30. The van der Waals surface area contributed by atoms with Crippen LogP contribution in [0.5, 0.6) is 5.75 Å². The molecule has 0 radical (unpaired) electrons. The summed E-state index contributed by atoms with van der Waals surface area (Å²) in [5, 5.41) is 10.6. The van der Waals surface area contributed by atoms with Crippen LogP contribution in [0.4, 0.5) is 0 Å². The third kappa shape index (κ3) is 8.57. The number of aromatic hydroxyl groups is 1.